The van der Waals surface area contributed by atoms with Crippen LogP contribution < -0.4 is 4.74 Å². The van der Waals surface area contributed by atoms with E-state index in [1.54, 1.807) is 6.07 Å². The largest absolute Gasteiger partial charge is 0.491 e. The number of rotatable bonds is 5. The number of carboxylic acids is 1. The summed E-state index contributed by atoms with van der Waals surface area (Å²) in [5.74, 6) is -0.389. The molecule has 4 heteroatoms. The van der Waals surface area contributed by atoms with Gasteiger partial charge in [-0.25, -0.2) is 0 Å². The van der Waals surface area contributed by atoms with Gasteiger partial charge in [0.2, 0.25) is 0 Å². The Morgan fingerprint density at radius 2 is 1.84 bits per heavy atom. The molecule has 0 heterocycles. The molecule has 2 aromatic rings. The summed E-state index contributed by atoms with van der Waals surface area (Å²) in [6.45, 7) is 0.111. The number of benzene rings is 2. The summed E-state index contributed by atoms with van der Waals surface area (Å²) in [5, 5.41) is 9.02. The minimum Gasteiger partial charge on any atom is -0.491 e. The van der Waals surface area contributed by atoms with Crippen molar-refractivity contribution in [3.05, 3.63) is 53.6 Å². The van der Waals surface area contributed by atoms with Gasteiger partial charge in [-0.15, -0.1) is 0 Å². The number of carbonyl (C=O) groups is 1. The molecule has 0 aliphatic rings. The highest BCUT2D eigenvalue weighted by Gasteiger charge is 2.05. The summed E-state index contributed by atoms with van der Waals surface area (Å²) in [5.41, 5.74) is 2.07. The van der Waals surface area contributed by atoms with Gasteiger partial charge < -0.3 is 9.84 Å². The van der Waals surface area contributed by atoms with E-state index in [1.165, 1.54) is 0 Å². The van der Waals surface area contributed by atoms with Crippen molar-refractivity contribution in [3.8, 4) is 16.9 Å². The fourth-order valence-corrected chi connectivity index (χ4v) is 1.91. The zero-order valence-electron chi connectivity index (χ0n) is 10.2. The van der Waals surface area contributed by atoms with Crippen LogP contribution in [0.5, 0.6) is 5.75 Å². The van der Waals surface area contributed by atoms with E-state index in [4.69, 9.17) is 21.4 Å². The molecule has 0 aromatic heterocycles. The molecule has 2 rings (SSSR count). The van der Waals surface area contributed by atoms with Gasteiger partial charge in [0.15, 0.2) is 0 Å². The Labute approximate surface area is 116 Å². The monoisotopic (exact) mass is 276 g/mol. The Hall–Kier alpha value is -2.00. The number of ether oxygens (including phenoxy) is 1. The van der Waals surface area contributed by atoms with Gasteiger partial charge >= 0.3 is 5.97 Å². The summed E-state index contributed by atoms with van der Waals surface area (Å²) in [6, 6.07) is 15.3. The van der Waals surface area contributed by atoms with Crippen LogP contribution in [0, 0.1) is 0 Å². The van der Waals surface area contributed by atoms with E-state index in [0.29, 0.717) is 10.8 Å². The quantitative estimate of drug-likeness (QED) is 0.902. The number of halogens is 1. The average Bonchev–Trinajstić information content (AvgIpc) is 2.41. The molecular formula is C15H13ClO3. The highest BCUT2D eigenvalue weighted by atomic mass is 35.5. The molecule has 3 nitrogen and oxygen atoms in total. The van der Waals surface area contributed by atoms with Crippen molar-refractivity contribution in [2.45, 2.75) is 6.42 Å². The minimum absolute atomic E-state index is 0.0449. The van der Waals surface area contributed by atoms with Crippen LogP contribution in [0.3, 0.4) is 0 Å². The number of aliphatic carboxylic acids is 1. The van der Waals surface area contributed by atoms with Crippen LogP contribution in [0.25, 0.3) is 11.1 Å². The molecule has 0 fully saturated rings. The normalized spacial score (nSPS) is 10.2. The zero-order valence-corrected chi connectivity index (χ0v) is 10.9. The van der Waals surface area contributed by atoms with Crippen molar-refractivity contribution in [1.29, 1.82) is 0 Å². The summed E-state index contributed by atoms with van der Waals surface area (Å²) in [4.78, 5) is 10.4. The first-order chi connectivity index (χ1) is 9.16. The molecule has 19 heavy (non-hydrogen) atoms. The third-order valence-corrected chi connectivity index (χ3v) is 2.91. The van der Waals surface area contributed by atoms with E-state index in [9.17, 15) is 4.79 Å². The molecule has 0 spiro atoms. The van der Waals surface area contributed by atoms with Gasteiger partial charge in [0.05, 0.1) is 18.1 Å². The average molecular weight is 277 g/mol. The molecule has 0 aliphatic carbocycles. The summed E-state index contributed by atoms with van der Waals surface area (Å²) in [6.07, 6.45) is -0.0449. The van der Waals surface area contributed by atoms with Crippen LogP contribution in [0.4, 0.5) is 0 Å². The lowest BCUT2D eigenvalue weighted by atomic mass is 10.1. The van der Waals surface area contributed by atoms with Crippen LogP contribution in [-0.4, -0.2) is 17.7 Å². The Balaban J connectivity index is 2.11. The van der Waals surface area contributed by atoms with E-state index >= 15 is 0 Å². The van der Waals surface area contributed by atoms with Crippen molar-refractivity contribution >= 4 is 17.6 Å². The number of carboxylic acid groups (broad SMARTS) is 1. The molecule has 0 saturated carbocycles. The molecule has 0 saturated heterocycles. The molecule has 0 bridgehead atoms. The second-order valence-electron chi connectivity index (χ2n) is 4.00. The molecule has 98 valence electrons. The Bertz CT molecular complexity index is 567. The Kier molecular flexibility index (Phi) is 4.42. The SMILES string of the molecule is O=C(O)CCOc1ccc(-c2ccccc2)cc1Cl. The van der Waals surface area contributed by atoms with E-state index in [-0.39, 0.29) is 13.0 Å². The predicted molar refractivity (Wildman–Crippen MR) is 74.6 cm³/mol. The van der Waals surface area contributed by atoms with E-state index in [0.717, 1.165) is 11.1 Å². The number of hydrogen-bond acceptors (Lipinski definition) is 2. The highest BCUT2D eigenvalue weighted by Crippen LogP contribution is 2.30. The van der Waals surface area contributed by atoms with Crippen molar-refractivity contribution < 1.29 is 14.6 Å². The van der Waals surface area contributed by atoms with Crippen LogP contribution in [0.15, 0.2) is 48.5 Å². The summed E-state index contributed by atoms with van der Waals surface area (Å²) in [7, 11) is 0. The standard InChI is InChI=1S/C15H13ClO3/c16-13-10-12(11-4-2-1-3-5-11)6-7-14(13)19-9-8-15(17)18/h1-7,10H,8-9H2,(H,17,18). The fourth-order valence-electron chi connectivity index (χ4n) is 1.68. The van der Waals surface area contributed by atoms with Crippen molar-refractivity contribution in [2.24, 2.45) is 0 Å². The van der Waals surface area contributed by atoms with Crippen LogP contribution in [-0.2, 0) is 4.79 Å². The van der Waals surface area contributed by atoms with Crippen molar-refractivity contribution in [1.82, 2.24) is 0 Å². The van der Waals surface area contributed by atoms with Gasteiger partial charge in [-0.05, 0) is 23.3 Å². The maximum absolute atomic E-state index is 10.4. The van der Waals surface area contributed by atoms with Crippen LogP contribution in [0.1, 0.15) is 6.42 Å². The van der Waals surface area contributed by atoms with Gasteiger partial charge in [0.1, 0.15) is 5.75 Å². The van der Waals surface area contributed by atoms with E-state index in [1.807, 2.05) is 42.5 Å². The first kappa shape index (κ1) is 13.4. The maximum Gasteiger partial charge on any atom is 0.306 e. The Morgan fingerprint density at radius 3 is 2.47 bits per heavy atom. The Morgan fingerprint density at radius 1 is 1.11 bits per heavy atom. The second kappa shape index (κ2) is 6.25. The third-order valence-electron chi connectivity index (χ3n) is 2.61. The van der Waals surface area contributed by atoms with Gasteiger partial charge in [-0.2, -0.15) is 0 Å². The molecule has 0 aliphatic heterocycles. The van der Waals surface area contributed by atoms with Gasteiger partial charge in [0, 0.05) is 0 Å². The highest BCUT2D eigenvalue weighted by molar-refractivity contribution is 6.32. The zero-order chi connectivity index (χ0) is 13.7. The molecule has 0 atom stereocenters. The lowest BCUT2D eigenvalue weighted by Gasteiger charge is -2.08. The molecule has 1 N–H and O–H groups in total. The topological polar surface area (TPSA) is 46.5 Å². The van der Waals surface area contributed by atoms with Gasteiger partial charge in [-0.1, -0.05) is 48.0 Å². The summed E-state index contributed by atoms with van der Waals surface area (Å²) < 4.78 is 5.33. The van der Waals surface area contributed by atoms with Crippen molar-refractivity contribution in [2.75, 3.05) is 6.61 Å². The minimum atomic E-state index is -0.892. The van der Waals surface area contributed by atoms with E-state index < -0.39 is 5.97 Å². The summed E-state index contributed by atoms with van der Waals surface area (Å²) >= 11 is 6.12. The smallest absolute Gasteiger partial charge is 0.306 e. The second-order valence-corrected chi connectivity index (χ2v) is 4.41. The van der Waals surface area contributed by atoms with Crippen LogP contribution in [0.2, 0.25) is 5.02 Å². The third kappa shape index (κ3) is 3.73. The predicted octanol–water partition coefficient (Wildman–Crippen LogP) is 3.86. The maximum atomic E-state index is 10.4. The molecule has 0 amide bonds. The first-order valence-corrected chi connectivity index (χ1v) is 6.24. The molecule has 0 unspecified atom stereocenters. The van der Waals surface area contributed by atoms with Crippen LogP contribution >= 0.6 is 11.6 Å². The number of hydrogen-bond donors (Lipinski definition) is 1. The lowest BCUT2D eigenvalue weighted by molar-refractivity contribution is -0.137. The fraction of sp³-hybridized carbons (Fsp3) is 0.133. The van der Waals surface area contributed by atoms with Gasteiger partial charge in [-0.3, -0.25) is 4.79 Å². The van der Waals surface area contributed by atoms with Crippen molar-refractivity contribution in [3.63, 3.8) is 0 Å². The molecule has 0 radical (unpaired) electrons. The van der Waals surface area contributed by atoms with E-state index in [2.05, 4.69) is 0 Å². The molecule has 2 aromatic carbocycles. The first-order valence-electron chi connectivity index (χ1n) is 5.86. The molecular weight excluding hydrogens is 264 g/mol. The lowest BCUT2D eigenvalue weighted by Crippen LogP contribution is -2.04. The van der Waals surface area contributed by atoms with Gasteiger partial charge in [0.25, 0.3) is 0 Å².